The Morgan fingerprint density at radius 1 is 1.43 bits per heavy atom. The highest BCUT2D eigenvalue weighted by atomic mass is 32.2. The van der Waals surface area contributed by atoms with Gasteiger partial charge >= 0.3 is 0 Å². The van der Waals surface area contributed by atoms with Gasteiger partial charge in [0.25, 0.3) is 0 Å². The van der Waals surface area contributed by atoms with E-state index in [9.17, 15) is 0 Å². The average Bonchev–Trinajstić information content (AvgIpc) is 2.58. The summed E-state index contributed by atoms with van der Waals surface area (Å²) in [4.78, 5) is 0. The lowest BCUT2D eigenvalue weighted by molar-refractivity contribution is 0.462. The molecule has 0 saturated heterocycles. The first kappa shape index (κ1) is 11.7. The Morgan fingerprint density at radius 2 is 2.29 bits per heavy atom. The minimum Gasteiger partial charge on any atom is -0.465 e. The Bertz CT molecular complexity index is 247. The van der Waals surface area contributed by atoms with Crippen molar-refractivity contribution in [3.63, 3.8) is 0 Å². The molecule has 0 aliphatic rings. The summed E-state index contributed by atoms with van der Waals surface area (Å²) in [5.41, 5.74) is 0. The van der Waals surface area contributed by atoms with Crippen LogP contribution in [0.3, 0.4) is 0 Å². The molecule has 0 spiro atoms. The SMILES string of the molecule is CCSCCCNCc1ccc(C)o1. The zero-order valence-electron chi connectivity index (χ0n) is 9.01. The van der Waals surface area contributed by atoms with E-state index in [4.69, 9.17) is 4.42 Å². The second-order valence-electron chi connectivity index (χ2n) is 3.24. The standard InChI is InChI=1S/C11H19NOS/c1-3-14-8-4-7-12-9-11-6-5-10(2)13-11/h5-6,12H,3-4,7-9H2,1-2H3. The molecule has 3 heteroatoms. The van der Waals surface area contributed by atoms with Gasteiger partial charge in [-0.25, -0.2) is 0 Å². The van der Waals surface area contributed by atoms with Crippen molar-refractivity contribution in [1.29, 1.82) is 0 Å². The number of hydrogen-bond acceptors (Lipinski definition) is 3. The molecule has 0 unspecified atom stereocenters. The maximum atomic E-state index is 5.44. The van der Waals surface area contributed by atoms with Crippen LogP contribution in [0.1, 0.15) is 24.9 Å². The van der Waals surface area contributed by atoms with E-state index in [-0.39, 0.29) is 0 Å². The Labute approximate surface area is 90.5 Å². The number of furan rings is 1. The number of rotatable bonds is 7. The highest BCUT2D eigenvalue weighted by Gasteiger charge is 1.96. The Kier molecular flexibility index (Phi) is 5.80. The third-order valence-corrected chi connectivity index (χ3v) is 2.93. The largest absolute Gasteiger partial charge is 0.465 e. The van der Waals surface area contributed by atoms with E-state index in [1.165, 1.54) is 17.9 Å². The molecule has 1 rings (SSSR count). The molecule has 2 nitrogen and oxygen atoms in total. The first-order chi connectivity index (χ1) is 6.83. The molecule has 0 atom stereocenters. The molecular weight excluding hydrogens is 194 g/mol. The molecular formula is C11H19NOS. The lowest BCUT2D eigenvalue weighted by Crippen LogP contribution is -2.14. The van der Waals surface area contributed by atoms with Crippen LogP contribution >= 0.6 is 11.8 Å². The van der Waals surface area contributed by atoms with Crippen molar-refractivity contribution < 1.29 is 4.42 Å². The van der Waals surface area contributed by atoms with Crippen LogP contribution in [0.25, 0.3) is 0 Å². The lowest BCUT2D eigenvalue weighted by atomic mass is 10.4. The van der Waals surface area contributed by atoms with Crippen molar-refractivity contribution >= 4 is 11.8 Å². The molecule has 0 saturated carbocycles. The topological polar surface area (TPSA) is 25.2 Å². The van der Waals surface area contributed by atoms with Crippen LogP contribution in [0.15, 0.2) is 16.5 Å². The summed E-state index contributed by atoms with van der Waals surface area (Å²) in [5.74, 6) is 4.49. The Balaban J connectivity index is 1.99. The van der Waals surface area contributed by atoms with Crippen LogP contribution in [-0.4, -0.2) is 18.1 Å². The van der Waals surface area contributed by atoms with Gasteiger partial charge in [0.15, 0.2) is 0 Å². The van der Waals surface area contributed by atoms with Gasteiger partial charge in [-0.05, 0) is 43.5 Å². The van der Waals surface area contributed by atoms with E-state index < -0.39 is 0 Å². The predicted octanol–water partition coefficient (Wildman–Crippen LogP) is 2.82. The Hall–Kier alpha value is -0.410. The van der Waals surface area contributed by atoms with Gasteiger partial charge in [-0.3, -0.25) is 0 Å². The van der Waals surface area contributed by atoms with Crippen molar-refractivity contribution in [2.45, 2.75) is 26.8 Å². The minimum atomic E-state index is 0.852. The summed E-state index contributed by atoms with van der Waals surface area (Å²) in [5, 5.41) is 3.37. The maximum absolute atomic E-state index is 5.44. The van der Waals surface area contributed by atoms with E-state index in [0.29, 0.717) is 0 Å². The molecule has 0 aromatic carbocycles. The number of thioether (sulfide) groups is 1. The van der Waals surface area contributed by atoms with Crippen molar-refractivity contribution in [2.75, 3.05) is 18.1 Å². The second-order valence-corrected chi connectivity index (χ2v) is 4.63. The van der Waals surface area contributed by atoms with Crippen molar-refractivity contribution in [3.8, 4) is 0 Å². The van der Waals surface area contributed by atoms with Crippen LogP contribution < -0.4 is 5.32 Å². The molecule has 80 valence electrons. The van der Waals surface area contributed by atoms with Crippen LogP contribution in [0, 0.1) is 6.92 Å². The molecule has 0 fully saturated rings. The van der Waals surface area contributed by atoms with Gasteiger partial charge in [0.2, 0.25) is 0 Å². The van der Waals surface area contributed by atoms with Crippen LogP contribution in [0.5, 0.6) is 0 Å². The lowest BCUT2D eigenvalue weighted by Gasteiger charge is -2.01. The van der Waals surface area contributed by atoms with E-state index in [1.54, 1.807) is 0 Å². The number of hydrogen-bond donors (Lipinski definition) is 1. The predicted molar refractivity (Wildman–Crippen MR) is 62.8 cm³/mol. The van der Waals surface area contributed by atoms with Gasteiger partial charge in [0.1, 0.15) is 11.5 Å². The fourth-order valence-electron chi connectivity index (χ4n) is 1.24. The van der Waals surface area contributed by atoms with E-state index >= 15 is 0 Å². The zero-order chi connectivity index (χ0) is 10.2. The zero-order valence-corrected chi connectivity index (χ0v) is 9.82. The van der Waals surface area contributed by atoms with E-state index in [2.05, 4.69) is 12.2 Å². The molecule has 1 aromatic heterocycles. The fraction of sp³-hybridized carbons (Fsp3) is 0.636. The molecule has 1 N–H and O–H groups in total. The van der Waals surface area contributed by atoms with Crippen LogP contribution in [0.2, 0.25) is 0 Å². The Morgan fingerprint density at radius 3 is 2.93 bits per heavy atom. The smallest absolute Gasteiger partial charge is 0.117 e. The van der Waals surface area contributed by atoms with Crippen molar-refractivity contribution in [3.05, 3.63) is 23.7 Å². The second kappa shape index (κ2) is 6.96. The summed E-state index contributed by atoms with van der Waals surface area (Å²) in [7, 11) is 0. The summed E-state index contributed by atoms with van der Waals surface area (Å²) in [6, 6.07) is 4.03. The highest BCUT2D eigenvalue weighted by Crippen LogP contribution is 2.05. The third-order valence-electron chi connectivity index (χ3n) is 1.94. The van der Waals surface area contributed by atoms with Gasteiger partial charge in [-0.1, -0.05) is 6.92 Å². The highest BCUT2D eigenvalue weighted by molar-refractivity contribution is 7.99. The minimum absolute atomic E-state index is 0.852. The molecule has 14 heavy (non-hydrogen) atoms. The van der Waals surface area contributed by atoms with E-state index in [0.717, 1.165) is 24.6 Å². The molecule has 0 aliphatic carbocycles. The van der Waals surface area contributed by atoms with Gasteiger partial charge in [0.05, 0.1) is 6.54 Å². The third kappa shape index (κ3) is 4.72. The monoisotopic (exact) mass is 213 g/mol. The molecule has 0 bridgehead atoms. The van der Waals surface area contributed by atoms with Gasteiger partial charge in [-0.15, -0.1) is 0 Å². The summed E-state index contributed by atoms with van der Waals surface area (Å²) < 4.78 is 5.44. The van der Waals surface area contributed by atoms with Gasteiger partial charge < -0.3 is 9.73 Å². The van der Waals surface area contributed by atoms with Gasteiger partial charge in [0, 0.05) is 0 Å². The first-order valence-electron chi connectivity index (χ1n) is 5.16. The van der Waals surface area contributed by atoms with E-state index in [1.807, 2.05) is 30.8 Å². The molecule has 0 radical (unpaired) electrons. The summed E-state index contributed by atoms with van der Waals surface area (Å²) in [6.45, 7) is 6.10. The number of nitrogens with one attached hydrogen (secondary N) is 1. The van der Waals surface area contributed by atoms with Gasteiger partial charge in [-0.2, -0.15) is 11.8 Å². The van der Waals surface area contributed by atoms with Crippen LogP contribution in [0.4, 0.5) is 0 Å². The van der Waals surface area contributed by atoms with Crippen molar-refractivity contribution in [2.24, 2.45) is 0 Å². The van der Waals surface area contributed by atoms with Crippen LogP contribution in [-0.2, 0) is 6.54 Å². The van der Waals surface area contributed by atoms with Crippen molar-refractivity contribution in [1.82, 2.24) is 5.32 Å². The normalized spacial score (nSPS) is 10.7. The fourth-order valence-corrected chi connectivity index (χ4v) is 1.87. The quantitative estimate of drug-likeness (QED) is 0.705. The maximum Gasteiger partial charge on any atom is 0.117 e. The summed E-state index contributed by atoms with van der Waals surface area (Å²) >= 11 is 2.00. The molecule has 1 aromatic rings. The summed E-state index contributed by atoms with van der Waals surface area (Å²) in [6.07, 6.45) is 1.23. The number of aryl methyl sites for hydroxylation is 1. The average molecular weight is 213 g/mol. The molecule has 0 amide bonds. The first-order valence-corrected chi connectivity index (χ1v) is 6.32. The molecule has 1 heterocycles. The molecule has 0 aliphatic heterocycles.